The Labute approximate surface area is 222 Å². The molecule has 0 spiro atoms. The van der Waals surface area contributed by atoms with Crippen molar-refractivity contribution >= 4 is 15.9 Å². The Morgan fingerprint density at radius 3 is 2.46 bits per heavy atom. The SMILES string of the molecule is COc1ccc(CCN(CCN2CCCCC2)C(=O)c2cccc(S(=O)(=O)N3CCCC(C)C3)c2)cc1. The molecule has 1 atom stereocenters. The topological polar surface area (TPSA) is 70.2 Å². The van der Waals surface area contributed by atoms with Gasteiger partial charge in [-0.2, -0.15) is 4.31 Å². The van der Waals surface area contributed by atoms with Crippen LogP contribution in [0.1, 0.15) is 54.9 Å². The molecule has 0 aromatic heterocycles. The van der Waals surface area contributed by atoms with Crippen molar-refractivity contribution in [2.24, 2.45) is 5.92 Å². The van der Waals surface area contributed by atoms with Crippen molar-refractivity contribution in [3.63, 3.8) is 0 Å². The molecule has 2 aromatic rings. The maximum Gasteiger partial charge on any atom is 0.253 e. The predicted octanol–water partition coefficient (Wildman–Crippen LogP) is 4.29. The Morgan fingerprint density at radius 1 is 1.00 bits per heavy atom. The highest BCUT2D eigenvalue weighted by molar-refractivity contribution is 7.89. The Hall–Kier alpha value is -2.42. The molecule has 2 fully saturated rings. The molecule has 202 valence electrons. The summed E-state index contributed by atoms with van der Waals surface area (Å²) in [4.78, 5) is 18.2. The van der Waals surface area contributed by atoms with Crippen LogP contribution in [-0.2, 0) is 16.4 Å². The number of methoxy groups -OCH3 is 1. The van der Waals surface area contributed by atoms with Gasteiger partial charge in [-0.3, -0.25) is 4.79 Å². The van der Waals surface area contributed by atoms with Gasteiger partial charge in [-0.05, 0) is 87.0 Å². The Kier molecular flexibility index (Phi) is 9.62. The van der Waals surface area contributed by atoms with Crippen molar-refractivity contribution in [3.8, 4) is 5.75 Å². The zero-order valence-corrected chi connectivity index (χ0v) is 23.1. The minimum atomic E-state index is -3.63. The quantitative estimate of drug-likeness (QED) is 0.461. The van der Waals surface area contributed by atoms with E-state index in [1.165, 1.54) is 19.3 Å². The maximum absolute atomic E-state index is 13.7. The lowest BCUT2D eigenvalue weighted by molar-refractivity contribution is 0.0731. The van der Waals surface area contributed by atoms with E-state index in [9.17, 15) is 13.2 Å². The average Bonchev–Trinajstić information content (AvgIpc) is 2.93. The van der Waals surface area contributed by atoms with E-state index < -0.39 is 10.0 Å². The van der Waals surface area contributed by atoms with Gasteiger partial charge < -0.3 is 14.5 Å². The van der Waals surface area contributed by atoms with Crippen molar-refractivity contribution in [1.82, 2.24) is 14.1 Å². The van der Waals surface area contributed by atoms with E-state index in [4.69, 9.17) is 4.74 Å². The van der Waals surface area contributed by atoms with Gasteiger partial charge in [-0.25, -0.2) is 8.42 Å². The van der Waals surface area contributed by atoms with Gasteiger partial charge in [-0.15, -0.1) is 0 Å². The summed E-state index contributed by atoms with van der Waals surface area (Å²) in [6.45, 7) is 7.32. The summed E-state index contributed by atoms with van der Waals surface area (Å²) in [5.74, 6) is 1.04. The van der Waals surface area contributed by atoms with Gasteiger partial charge in [0, 0.05) is 38.3 Å². The summed E-state index contributed by atoms with van der Waals surface area (Å²) >= 11 is 0. The highest BCUT2D eigenvalue weighted by atomic mass is 32.2. The van der Waals surface area contributed by atoms with E-state index in [0.29, 0.717) is 37.7 Å². The fraction of sp³-hybridized carbons (Fsp3) is 0.552. The smallest absolute Gasteiger partial charge is 0.253 e. The zero-order valence-electron chi connectivity index (χ0n) is 22.3. The molecule has 1 amide bonds. The number of sulfonamides is 1. The summed E-state index contributed by atoms with van der Waals surface area (Å²) in [5.41, 5.74) is 1.56. The molecule has 37 heavy (non-hydrogen) atoms. The second-order valence-electron chi connectivity index (χ2n) is 10.4. The third-order valence-electron chi connectivity index (χ3n) is 7.59. The van der Waals surface area contributed by atoms with Crippen LogP contribution in [0, 0.1) is 5.92 Å². The summed E-state index contributed by atoms with van der Waals surface area (Å²) in [6.07, 6.45) is 6.32. The molecule has 8 heteroatoms. The Bertz CT molecular complexity index is 1130. The van der Waals surface area contributed by atoms with E-state index in [1.54, 1.807) is 35.7 Å². The first-order valence-electron chi connectivity index (χ1n) is 13.6. The zero-order chi connectivity index (χ0) is 26.3. The second-order valence-corrected chi connectivity index (χ2v) is 12.4. The first-order chi connectivity index (χ1) is 17.9. The highest BCUT2D eigenvalue weighted by Gasteiger charge is 2.29. The molecule has 0 saturated carbocycles. The molecule has 2 aliphatic rings. The first kappa shape index (κ1) is 27.6. The highest BCUT2D eigenvalue weighted by Crippen LogP contribution is 2.24. The summed E-state index contributed by atoms with van der Waals surface area (Å²) in [5, 5.41) is 0. The molecular formula is C29H41N3O4S. The fourth-order valence-electron chi connectivity index (χ4n) is 5.30. The van der Waals surface area contributed by atoms with Crippen LogP contribution in [0.2, 0.25) is 0 Å². The number of hydrogen-bond acceptors (Lipinski definition) is 5. The van der Waals surface area contributed by atoms with Crippen LogP contribution in [0.3, 0.4) is 0 Å². The van der Waals surface area contributed by atoms with Crippen molar-refractivity contribution < 1.29 is 17.9 Å². The Morgan fingerprint density at radius 2 is 1.76 bits per heavy atom. The number of carbonyl (C=O) groups is 1. The van der Waals surface area contributed by atoms with Crippen molar-refractivity contribution in [2.75, 3.05) is 52.9 Å². The number of amides is 1. The van der Waals surface area contributed by atoms with E-state index in [-0.39, 0.29) is 10.8 Å². The molecule has 2 aromatic carbocycles. The molecule has 0 radical (unpaired) electrons. The van der Waals surface area contributed by atoms with Gasteiger partial charge in [0.05, 0.1) is 12.0 Å². The van der Waals surface area contributed by atoms with E-state index in [1.807, 2.05) is 29.2 Å². The second kappa shape index (κ2) is 12.9. The number of rotatable bonds is 10. The minimum absolute atomic E-state index is 0.116. The van der Waals surface area contributed by atoms with Gasteiger partial charge in [-0.1, -0.05) is 31.5 Å². The average molecular weight is 528 g/mol. The van der Waals surface area contributed by atoms with E-state index in [0.717, 1.165) is 50.2 Å². The van der Waals surface area contributed by atoms with Crippen LogP contribution in [0.25, 0.3) is 0 Å². The van der Waals surface area contributed by atoms with Crippen LogP contribution >= 0.6 is 0 Å². The Balaban J connectivity index is 1.50. The molecule has 7 nitrogen and oxygen atoms in total. The lowest BCUT2D eigenvalue weighted by Crippen LogP contribution is -2.41. The molecule has 1 unspecified atom stereocenters. The summed E-state index contributed by atoms with van der Waals surface area (Å²) in [6, 6.07) is 14.5. The monoisotopic (exact) mass is 527 g/mol. The molecule has 2 aliphatic heterocycles. The predicted molar refractivity (Wildman–Crippen MR) is 146 cm³/mol. The number of nitrogens with zero attached hydrogens (tertiary/aromatic N) is 3. The standard InChI is InChI=1S/C29H41N3O4S/c1-24-8-7-18-32(23-24)37(34,35)28-10-6-9-26(22-28)29(33)31(21-20-30-16-4-3-5-17-30)19-15-25-11-13-27(36-2)14-12-25/h6,9-14,22,24H,3-5,7-8,15-21,23H2,1-2H3. The number of piperidine rings is 2. The largest absolute Gasteiger partial charge is 0.497 e. The van der Waals surface area contributed by atoms with Gasteiger partial charge in [0.1, 0.15) is 5.75 Å². The third kappa shape index (κ3) is 7.33. The number of hydrogen-bond donors (Lipinski definition) is 0. The number of ether oxygens (including phenoxy) is 1. The van der Waals surface area contributed by atoms with Crippen molar-refractivity contribution in [3.05, 3.63) is 59.7 Å². The molecule has 0 aliphatic carbocycles. The third-order valence-corrected chi connectivity index (χ3v) is 9.45. The lowest BCUT2D eigenvalue weighted by Gasteiger charge is -2.31. The van der Waals surface area contributed by atoms with Crippen molar-refractivity contribution in [1.29, 1.82) is 0 Å². The minimum Gasteiger partial charge on any atom is -0.497 e. The van der Waals surface area contributed by atoms with Crippen LogP contribution in [0.5, 0.6) is 5.75 Å². The van der Waals surface area contributed by atoms with E-state index >= 15 is 0 Å². The van der Waals surface area contributed by atoms with Gasteiger partial charge >= 0.3 is 0 Å². The fourth-order valence-corrected chi connectivity index (χ4v) is 6.95. The number of likely N-dealkylation sites (tertiary alicyclic amines) is 1. The lowest BCUT2D eigenvalue weighted by atomic mass is 10.0. The molecule has 0 bridgehead atoms. The van der Waals surface area contributed by atoms with Gasteiger partial charge in [0.2, 0.25) is 10.0 Å². The molecular weight excluding hydrogens is 486 g/mol. The van der Waals surface area contributed by atoms with Gasteiger partial charge in [0.15, 0.2) is 0 Å². The van der Waals surface area contributed by atoms with Crippen LogP contribution in [0.4, 0.5) is 0 Å². The molecule has 0 N–H and O–H groups in total. The summed E-state index contributed by atoms with van der Waals surface area (Å²) in [7, 11) is -1.98. The maximum atomic E-state index is 13.7. The molecule has 4 rings (SSSR count). The number of benzene rings is 2. The number of carbonyl (C=O) groups excluding carboxylic acids is 1. The van der Waals surface area contributed by atoms with Crippen LogP contribution in [-0.4, -0.2) is 81.4 Å². The van der Waals surface area contributed by atoms with E-state index in [2.05, 4.69) is 11.8 Å². The molecule has 2 heterocycles. The molecule has 2 saturated heterocycles. The van der Waals surface area contributed by atoms with Crippen LogP contribution < -0.4 is 4.74 Å². The first-order valence-corrected chi connectivity index (χ1v) is 15.1. The van der Waals surface area contributed by atoms with Gasteiger partial charge in [0.25, 0.3) is 5.91 Å². The van der Waals surface area contributed by atoms with Crippen molar-refractivity contribution in [2.45, 2.75) is 50.3 Å². The normalized spacial score (nSPS) is 19.5. The van der Waals surface area contributed by atoms with Crippen LogP contribution in [0.15, 0.2) is 53.4 Å². The summed E-state index contributed by atoms with van der Waals surface area (Å²) < 4.78 is 33.5.